The molecule has 20 heavy (non-hydrogen) atoms. The maximum atomic E-state index is 6.00. The Bertz CT molecular complexity index is 725. The van der Waals surface area contributed by atoms with Crippen molar-refractivity contribution in [2.45, 2.75) is 0 Å². The van der Waals surface area contributed by atoms with Gasteiger partial charge < -0.3 is 5.32 Å². The molecule has 2 aromatic heterocycles. The fourth-order valence-corrected chi connectivity index (χ4v) is 2.87. The smallest absolute Gasteiger partial charge is 0.162 e. The predicted octanol–water partition coefficient (Wildman–Crippen LogP) is 4.57. The van der Waals surface area contributed by atoms with Crippen molar-refractivity contribution in [2.75, 3.05) is 12.4 Å². The monoisotopic (exact) mass is 301 g/mol. The van der Waals surface area contributed by atoms with E-state index in [1.54, 1.807) is 0 Å². The van der Waals surface area contributed by atoms with E-state index in [-0.39, 0.29) is 0 Å². The highest BCUT2D eigenvalue weighted by Gasteiger charge is 2.09. The van der Waals surface area contributed by atoms with Crippen LogP contribution in [0.5, 0.6) is 0 Å². The van der Waals surface area contributed by atoms with Crippen LogP contribution in [0.15, 0.2) is 48.5 Å². The van der Waals surface area contributed by atoms with E-state index < -0.39 is 0 Å². The summed E-state index contributed by atoms with van der Waals surface area (Å²) in [5, 5.41) is 3.07. The summed E-state index contributed by atoms with van der Waals surface area (Å²) >= 11 is 7.51. The van der Waals surface area contributed by atoms with Gasteiger partial charge in [0, 0.05) is 18.7 Å². The lowest BCUT2D eigenvalue weighted by atomic mass is 10.2. The van der Waals surface area contributed by atoms with Crippen LogP contribution in [0.4, 0.5) is 5.82 Å². The van der Waals surface area contributed by atoms with Crippen LogP contribution < -0.4 is 5.32 Å². The molecule has 0 atom stereocenters. The summed E-state index contributed by atoms with van der Waals surface area (Å²) in [6, 6.07) is 15.7. The SMILES string of the molecule is CNc1cc(-c2ccc(Cl)s2)nc(-c2ccccc2)n1. The Balaban J connectivity index is 2.12. The molecule has 1 aromatic carbocycles. The van der Waals surface area contributed by atoms with E-state index in [4.69, 9.17) is 11.6 Å². The summed E-state index contributed by atoms with van der Waals surface area (Å²) in [6.07, 6.45) is 0. The Morgan fingerprint density at radius 1 is 1.05 bits per heavy atom. The largest absolute Gasteiger partial charge is 0.373 e. The lowest BCUT2D eigenvalue weighted by Gasteiger charge is -2.06. The van der Waals surface area contributed by atoms with Crippen molar-refractivity contribution in [3.8, 4) is 22.0 Å². The third kappa shape index (κ3) is 2.66. The van der Waals surface area contributed by atoms with E-state index >= 15 is 0 Å². The van der Waals surface area contributed by atoms with Gasteiger partial charge in [-0.05, 0) is 12.1 Å². The lowest BCUT2D eigenvalue weighted by Crippen LogP contribution is -1.98. The summed E-state index contributed by atoms with van der Waals surface area (Å²) < 4.78 is 0.755. The molecule has 3 rings (SSSR count). The molecule has 0 saturated heterocycles. The normalized spacial score (nSPS) is 10.5. The van der Waals surface area contributed by atoms with Crippen LogP contribution in [-0.2, 0) is 0 Å². The second kappa shape index (κ2) is 5.61. The van der Waals surface area contributed by atoms with E-state index in [0.29, 0.717) is 5.82 Å². The van der Waals surface area contributed by atoms with E-state index in [2.05, 4.69) is 15.3 Å². The van der Waals surface area contributed by atoms with Gasteiger partial charge in [0.2, 0.25) is 0 Å². The van der Waals surface area contributed by atoms with Crippen LogP contribution in [0, 0.1) is 0 Å². The van der Waals surface area contributed by atoms with E-state index in [0.717, 1.165) is 26.3 Å². The van der Waals surface area contributed by atoms with Crippen molar-refractivity contribution >= 4 is 28.8 Å². The number of hydrogen-bond donors (Lipinski definition) is 1. The van der Waals surface area contributed by atoms with Crippen molar-refractivity contribution in [2.24, 2.45) is 0 Å². The number of nitrogens with one attached hydrogen (secondary N) is 1. The number of hydrogen-bond acceptors (Lipinski definition) is 4. The van der Waals surface area contributed by atoms with Gasteiger partial charge >= 0.3 is 0 Å². The highest BCUT2D eigenvalue weighted by atomic mass is 35.5. The first-order valence-corrected chi connectivity index (χ1v) is 7.33. The van der Waals surface area contributed by atoms with Crippen LogP contribution in [-0.4, -0.2) is 17.0 Å². The van der Waals surface area contributed by atoms with Gasteiger partial charge in [0.1, 0.15) is 5.82 Å². The minimum absolute atomic E-state index is 0.706. The van der Waals surface area contributed by atoms with Gasteiger partial charge in [-0.25, -0.2) is 9.97 Å². The molecule has 2 heterocycles. The second-order valence-electron chi connectivity index (χ2n) is 4.18. The first kappa shape index (κ1) is 13.1. The van der Waals surface area contributed by atoms with Crippen LogP contribution >= 0.6 is 22.9 Å². The molecule has 0 amide bonds. The van der Waals surface area contributed by atoms with Crippen molar-refractivity contribution in [1.82, 2.24) is 9.97 Å². The number of nitrogens with zero attached hydrogens (tertiary/aromatic N) is 2. The standard InChI is InChI=1S/C15H12ClN3S/c1-17-14-9-11(12-7-8-13(16)20-12)18-15(19-14)10-5-3-2-4-6-10/h2-9H,1H3,(H,17,18,19). The minimum atomic E-state index is 0.706. The predicted molar refractivity (Wildman–Crippen MR) is 85.3 cm³/mol. The Kier molecular flexibility index (Phi) is 3.67. The molecule has 0 aliphatic heterocycles. The molecule has 1 N–H and O–H groups in total. The van der Waals surface area contributed by atoms with E-state index in [1.807, 2.05) is 55.6 Å². The highest BCUT2D eigenvalue weighted by Crippen LogP contribution is 2.31. The number of rotatable bonds is 3. The van der Waals surface area contributed by atoms with Crippen molar-refractivity contribution in [1.29, 1.82) is 0 Å². The number of halogens is 1. The third-order valence-electron chi connectivity index (χ3n) is 2.84. The Labute approximate surface area is 126 Å². The van der Waals surface area contributed by atoms with Gasteiger partial charge in [0.15, 0.2) is 5.82 Å². The minimum Gasteiger partial charge on any atom is -0.373 e. The molecule has 0 saturated carbocycles. The number of aromatic nitrogens is 2. The summed E-state index contributed by atoms with van der Waals surface area (Å²) in [6.45, 7) is 0. The molecule has 3 aromatic rings. The molecule has 0 spiro atoms. The zero-order valence-electron chi connectivity index (χ0n) is 10.8. The van der Waals surface area contributed by atoms with Gasteiger partial charge in [-0.15, -0.1) is 11.3 Å². The molecule has 0 aliphatic carbocycles. The summed E-state index contributed by atoms with van der Waals surface area (Å²) in [7, 11) is 1.85. The molecule has 5 heteroatoms. The summed E-state index contributed by atoms with van der Waals surface area (Å²) in [5.41, 5.74) is 1.87. The van der Waals surface area contributed by atoms with Crippen LogP contribution in [0.2, 0.25) is 4.34 Å². The van der Waals surface area contributed by atoms with Crippen molar-refractivity contribution in [3.05, 3.63) is 52.9 Å². The molecular weight excluding hydrogens is 290 g/mol. The fourth-order valence-electron chi connectivity index (χ4n) is 1.87. The molecule has 0 aliphatic rings. The quantitative estimate of drug-likeness (QED) is 0.770. The third-order valence-corrected chi connectivity index (χ3v) is 4.09. The number of thiophene rings is 1. The average Bonchev–Trinajstić information content (AvgIpc) is 2.94. The summed E-state index contributed by atoms with van der Waals surface area (Å²) in [5.74, 6) is 1.50. The zero-order valence-corrected chi connectivity index (χ0v) is 12.4. The Morgan fingerprint density at radius 2 is 1.85 bits per heavy atom. The average molecular weight is 302 g/mol. The van der Waals surface area contributed by atoms with Crippen LogP contribution in [0.1, 0.15) is 0 Å². The molecular formula is C15H12ClN3S. The van der Waals surface area contributed by atoms with Gasteiger partial charge in [-0.2, -0.15) is 0 Å². The lowest BCUT2D eigenvalue weighted by molar-refractivity contribution is 1.17. The van der Waals surface area contributed by atoms with Gasteiger partial charge in [0.25, 0.3) is 0 Å². The Morgan fingerprint density at radius 3 is 2.50 bits per heavy atom. The van der Waals surface area contributed by atoms with E-state index in [9.17, 15) is 0 Å². The van der Waals surface area contributed by atoms with Gasteiger partial charge in [0.05, 0.1) is 14.9 Å². The van der Waals surface area contributed by atoms with Gasteiger partial charge in [-0.3, -0.25) is 0 Å². The summed E-state index contributed by atoms with van der Waals surface area (Å²) in [4.78, 5) is 10.2. The number of anilines is 1. The maximum absolute atomic E-state index is 6.00. The molecule has 100 valence electrons. The highest BCUT2D eigenvalue weighted by molar-refractivity contribution is 7.19. The number of benzene rings is 1. The fraction of sp³-hybridized carbons (Fsp3) is 0.0667. The molecule has 0 radical (unpaired) electrons. The second-order valence-corrected chi connectivity index (χ2v) is 5.90. The topological polar surface area (TPSA) is 37.8 Å². The van der Waals surface area contributed by atoms with Crippen molar-refractivity contribution in [3.63, 3.8) is 0 Å². The molecule has 0 bridgehead atoms. The molecule has 3 nitrogen and oxygen atoms in total. The molecule has 0 fully saturated rings. The first-order valence-electron chi connectivity index (χ1n) is 6.14. The van der Waals surface area contributed by atoms with Crippen molar-refractivity contribution < 1.29 is 0 Å². The Hall–Kier alpha value is -1.91. The maximum Gasteiger partial charge on any atom is 0.162 e. The van der Waals surface area contributed by atoms with E-state index in [1.165, 1.54) is 11.3 Å². The first-order chi connectivity index (χ1) is 9.76. The van der Waals surface area contributed by atoms with Gasteiger partial charge in [-0.1, -0.05) is 41.9 Å². The molecule has 0 unspecified atom stereocenters. The van der Waals surface area contributed by atoms with Crippen LogP contribution in [0.3, 0.4) is 0 Å². The zero-order chi connectivity index (χ0) is 13.9. The van der Waals surface area contributed by atoms with Crippen LogP contribution in [0.25, 0.3) is 22.0 Å².